The number of anilines is 1. The first-order chi connectivity index (χ1) is 12.1. The van der Waals surface area contributed by atoms with E-state index in [0.717, 1.165) is 11.3 Å². The lowest BCUT2D eigenvalue weighted by Gasteiger charge is -2.25. The molecular formula is C19H26FN3O2S. The highest BCUT2D eigenvalue weighted by atomic mass is 32.2. The van der Waals surface area contributed by atoms with E-state index in [2.05, 4.69) is 4.72 Å². The fourth-order valence-corrected chi connectivity index (χ4v) is 3.77. The molecule has 142 valence electrons. The Morgan fingerprint density at radius 1 is 1.04 bits per heavy atom. The van der Waals surface area contributed by atoms with Gasteiger partial charge in [-0.3, -0.25) is 0 Å². The van der Waals surface area contributed by atoms with Crippen molar-refractivity contribution in [2.75, 3.05) is 39.6 Å². The van der Waals surface area contributed by atoms with Crippen LogP contribution < -0.4 is 9.62 Å². The second-order valence-corrected chi connectivity index (χ2v) is 8.50. The normalized spacial score (nSPS) is 13.0. The molecule has 0 aliphatic heterocycles. The Morgan fingerprint density at radius 3 is 2.15 bits per heavy atom. The van der Waals surface area contributed by atoms with Crippen molar-refractivity contribution in [1.29, 1.82) is 0 Å². The Bertz CT molecular complexity index is 850. The minimum absolute atomic E-state index is 0.0665. The van der Waals surface area contributed by atoms with Crippen LogP contribution in [0.5, 0.6) is 0 Å². The van der Waals surface area contributed by atoms with E-state index in [1.165, 1.54) is 18.2 Å². The van der Waals surface area contributed by atoms with Crippen LogP contribution in [0.4, 0.5) is 10.1 Å². The van der Waals surface area contributed by atoms with Crippen LogP contribution in [0.3, 0.4) is 0 Å². The molecule has 0 aromatic heterocycles. The Balaban J connectivity index is 2.18. The van der Waals surface area contributed by atoms with Gasteiger partial charge >= 0.3 is 0 Å². The third-order valence-electron chi connectivity index (χ3n) is 4.32. The Hall–Kier alpha value is -1.96. The standard InChI is InChI=1S/C19H26FN3O2S/c1-14-12-17(10-11-18(14)20)26(24,25)21-13-19(23(4)5)15-6-8-16(9-7-15)22(2)3/h6-12,19,21H,13H2,1-5H3/t19-/m0/s1. The third-order valence-corrected chi connectivity index (χ3v) is 5.75. The second-order valence-electron chi connectivity index (χ2n) is 6.73. The molecule has 0 radical (unpaired) electrons. The van der Waals surface area contributed by atoms with Crippen LogP contribution >= 0.6 is 0 Å². The smallest absolute Gasteiger partial charge is 0.240 e. The van der Waals surface area contributed by atoms with Gasteiger partial charge in [-0.15, -0.1) is 0 Å². The van der Waals surface area contributed by atoms with Crippen molar-refractivity contribution in [1.82, 2.24) is 9.62 Å². The number of aryl methyl sites for hydroxylation is 1. The molecule has 5 nitrogen and oxygen atoms in total. The number of nitrogens with zero attached hydrogens (tertiary/aromatic N) is 2. The number of hydrogen-bond donors (Lipinski definition) is 1. The summed E-state index contributed by atoms with van der Waals surface area (Å²) in [6.45, 7) is 1.76. The van der Waals surface area contributed by atoms with Gasteiger partial charge in [-0.05, 0) is 62.5 Å². The largest absolute Gasteiger partial charge is 0.378 e. The SMILES string of the molecule is Cc1cc(S(=O)(=O)NC[C@@H](c2ccc(N(C)C)cc2)N(C)C)ccc1F. The predicted molar refractivity (Wildman–Crippen MR) is 104 cm³/mol. The van der Waals surface area contributed by atoms with E-state index in [1.807, 2.05) is 62.3 Å². The molecular weight excluding hydrogens is 353 g/mol. The van der Waals surface area contributed by atoms with Gasteiger partial charge in [0.1, 0.15) is 5.82 Å². The molecule has 0 aliphatic rings. The van der Waals surface area contributed by atoms with Crippen LogP contribution in [0, 0.1) is 12.7 Å². The molecule has 0 heterocycles. The lowest BCUT2D eigenvalue weighted by atomic mass is 10.1. The highest BCUT2D eigenvalue weighted by Gasteiger charge is 2.20. The van der Waals surface area contributed by atoms with Gasteiger partial charge in [-0.2, -0.15) is 0 Å². The summed E-state index contributed by atoms with van der Waals surface area (Å²) in [6, 6.07) is 11.7. The number of hydrogen-bond acceptors (Lipinski definition) is 4. The van der Waals surface area contributed by atoms with Gasteiger partial charge in [0.15, 0.2) is 0 Å². The lowest BCUT2D eigenvalue weighted by Crippen LogP contribution is -2.34. The molecule has 0 unspecified atom stereocenters. The summed E-state index contributed by atoms with van der Waals surface area (Å²) in [6.07, 6.45) is 0. The molecule has 0 saturated carbocycles. The van der Waals surface area contributed by atoms with Crippen LogP contribution in [0.25, 0.3) is 0 Å². The Labute approximate surface area is 155 Å². The lowest BCUT2D eigenvalue weighted by molar-refractivity contribution is 0.299. The quantitative estimate of drug-likeness (QED) is 0.804. The summed E-state index contributed by atoms with van der Waals surface area (Å²) >= 11 is 0. The van der Waals surface area contributed by atoms with E-state index in [4.69, 9.17) is 0 Å². The molecule has 1 N–H and O–H groups in total. The first-order valence-corrected chi connectivity index (χ1v) is 9.79. The van der Waals surface area contributed by atoms with Gasteiger partial charge in [-0.25, -0.2) is 17.5 Å². The van der Waals surface area contributed by atoms with Gasteiger partial charge in [0.2, 0.25) is 10.0 Å². The molecule has 0 aliphatic carbocycles. The van der Waals surface area contributed by atoms with Crippen molar-refractivity contribution >= 4 is 15.7 Å². The summed E-state index contributed by atoms with van der Waals surface area (Å²) in [7, 11) is 4.04. The van der Waals surface area contributed by atoms with E-state index >= 15 is 0 Å². The third kappa shape index (κ3) is 4.81. The van der Waals surface area contributed by atoms with Crippen molar-refractivity contribution in [3.05, 3.63) is 59.4 Å². The molecule has 2 aromatic carbocycles. The zero-order chi connectivity index (χ0) is 19.5. The van der Waals surface area contributed by atoms with Crippen LogP contribution in [0.1, 0.15) is 17.2 Å². The first-order valence-electron chi connectivity index (χ1n) is 8.31. The maximum Gasteiger partial charge on any atom is 0.240 e. The minimum atomic E-state index is -3.71. The highest BCUT2D eigenvalue weighted by molar-refractivity contribution is 7.89. The van der Waals surface area contributed by atoms with Gasteiger partial charge in [0.05, 0.1) is 4.90 Å². The molecule has 0 bridgehead atoms. The predicted octanol–water partition coefficient (Wildman–Crippen LogP) is 2.78. The molecule has 2 rings (SSSR count). The van der Waals surface area contributed by atoms with Crippen molar-refractivity contribution in [2.24, 2.45) is 0 Å². The molecule has 0 fully saturated rings. The fourth-order valence-electron chi connectivity index (χ4n) is 2.65. The molecule has 2 aromatic rings. The maximum absolute atomic E-state index is 13.4. The van der Waals surface area contributed by atoms with Crippen molar-refractivity contribution in [2.45, 2.75) is 17.9 Å². The summed E-state index contributed by atoms with van der Waals surface area (Å²) in [5, 5.41) is 0. The second kappa shape index (κ2) is 8.16. The van der Waals surface area contributed by atoms with Crippen molar-refractivity contribution in [3.63, 3.8) is 0 Å². The van der Waals surface area contributed by atoms with Crippen LogP contribution in [0.15, 0.2) is 47.4 Å². The van der Waals surface area contributed by atoms with Crippen molar-refractivity contribution < 1.29 is 12.8 Å². The zero-order valence-corrected chi connectivity index (χ0v) is 16.6. The van der Waals surface area contributed by atoms with Gasteiger partial charge in [-0.1, -0.05) is 12.1 Å². The van der Waals surface area contributed by atoms with Crippen LogP contribution in [0.2, 0.25) is 0 Å². The van der Waals surface area contributed by atoms with Gasteiger partial charge < -0.3 is 9.80 Å². The van der Waals surface area contributed by atoms with E-state index in [0.29, 0.717) is 5.56 Å². The zero-order valence-electron chi connectivity index (χ0n) is 15.8. The number of likely N-dealkylation sites (N-methyl/N-ethyl adjacent to an activating group) is 1. The topological polar surface area (TPSA) is 52.7 Å². The molecule has 0 spiro atoms. The monoisotopic (exact) mass is 379 g/mol. The number of nitrogens with one attached hydrogen (secondary N) is 1. The van der Waals surface area contributed by atoms with E-state index in [9.17, 15) is 12.8 Å². The fraction of sp³-hybridized carbons (Fsp3) is 0.368. The number of rotatable bonds is 7. The van der Waals surface area contributed by atoms with Crippen molar-refractivity contribution in [3.8, 4) is 0 Å². The van der Waals surface area contributed by atoms with Crippen LogP contribution in [-0.4, -0.2) is 48.1 Å². The minimum Gasteiger partial charge on any atom is -0.378 e. The number of benzene rings is 2. The van der Waals surface area contributed by atoms with E-state index < -0.39 is 15.8 Å². The average Bonchev–Trinajstić information content (AvgIpc) is 2.57. The number of halogens is 1. The van der Waals surface area contributed by atoms with Gasteiger partial charge in [0.25, 0.3) is 0 Å². The summed E-state index contributed by atoms with van der Waals surface area (Å²) in [5.41, 5.74) is 2.39. The molecule has 1 atom stereocenters. The van der Waals surface area contributed by atoms with Gasteiger partial charge in [0, 0.05) is 32.4 Å². The maximum atomic E-state index is 13.4. The summed E-state index contributed by atoms with van der Waals surface area (Å²) in [5.74, 6) is -0.420. The highest BCUT2D eigenvalue weighted by Crippen LogP contribution is 2.22. The first kappa shape index (κ1) is 20.4. The molecule has 26 heavy (non-hydrogen) atoms. The summed E-state index contributed by atoms with van der Waals surface area (Å²) in [4.78, 5) is 4.04. The average molecular weight is 380 g/mol. The Kier molecular flexibility index (Phi) is 6.39. The molecule has 7 heteroatoms. The van der Waals surface area contributed by atoms with E-state index in [-0.39, 0.29) is 17.5 Å². The van der Waals surface area contributed by atoms with Crippen LogP contribution in [-0.2, 0) is 10.0 Å². The van der Waals surface area contributed by atoms with E-state index in [1.54, 1.807) is 6.92 Å². The molecule has 0 amide bonds. The number of sulfonamides is 1. The molecule has 0 saturated heterocycles. The summed E-state index contributed by atoms with van der Waals surface area (Å²) < 4.78 is 41.1. The Morgan fingerprint density at radius 2 is 1.65 bits per heavy atom.